The molecule has 1 saturated heterocycles. The maximum absolute atomic E-state index is 15.0. The van der Waals surface area contributed by atoms with Crippen molar-refractivity contribution in [3.8, 4) is 11.5 Å². The fourth-order valence-corrected chi connectivity index (χ4v) is 6.55. The van der Waals surface area contributed by atoms with Gasteiger partial charge >= 0.3 is 11.5 Å². The van der Waals surface area contributed by atoms with Gasteiger partial charge in [-0.25, -0.2) is 12.8 Å². The highest BCUT2D eigenvalue weighted by atomic mass is 32.2. The van der Waals surface area contributed by atoms with Crippen molar-refractivity contribution in [3.63, 3.8) is 0 Å². The van der Waals surface area contributed by atoms with Gasteiger partial charge in [-0.3, -0.25) is 19.2 Å². The Bertz CT molecular complexity index is 1690. The highest BCUT2D eigenvalue weighted by molar-refractivity contribution is 7.92. The van der Waals surface area contributed by atoms with Crippen molar-refractivity contribution < 1.29 is 59.7 Å². The van der Waals surface area contributed by atoms with Crippen molar-refractivity contribution in [2.75, 3.05) is 25.5 Å². The summed E-state index contributed by atoms with van der Waals surface area (Å²) in [6, 6.07) is 4.76. The molecule has 17 heteroatoms. The van der Waals surface area contributed by atoms with Gasteiger partial charge < -0.3 is 30.1 Å². The highest BCUT2D eigenvalue weighted by Gasteiger charge is 2.47. The van der Waals surface area contributed by atoms with E-state index in [9.17, 15) is 45.9 Å². The van der Waals surface area contributed by atoms with E-state index in [0.29, 0.717) is 31.7 Å². The van der Waals surface area contributed by atoms with Crippen molar-refractivity contribution in [2.24, 2.45) is 11.3 Å². The predicted octanol–water partition coefficient (Wildman–Crippen LogP) is 4.15. The lowest BCUT2D eigenvalue weighted by Crippen LogP contribution is -2.55. The lowest BCUT2D eigenvalue weighted by molar-refractivity contribution is -0.150. The van der Waals surface area contributed by atoms with Crippen LogP contribution in [0.3, 0.4) is 0 Å². The Morgan fingerprint density at radius 2 is 1.71 bits per heavy atom. The number of methoxy groups -OCH3 is 1. The number of sulfone groups is 1. The first-order valence-corrected chi connectivity index (χ1v) is 16.4. The minimum atomic E-state index is -5.70. The molecule has 0 spiro atoms. The number of aliphatic carboxylic acids is 1. The summed E-state index contributed by atoms with van der Waals surface area (Å²) in [5.74, 6) is -5.27. The molecule has 2 aliphatic rings. The molecule has 48 heavy (non-hydrogen) atoms. The summed E-state index contributed by atoms with van der Waals surface area (Å²) in [5, 5.41) is 14.6. The number of piperidine rings is 1. The molecule has 0 aromatic heterocycles. The highest BCUT2D eigenvalue weighted by Crippen LogP contribution is 2.39. The Labute approximate surface area is 273 Å². The number of benzene rings is 2. The molecular formula is C31H35F4N3O9S. The molecule has 2 atom stereocenters. The van der Waals surface area contributed by atoms with Gasteiger partial charge in [0, 0.05) is 37.8 Å². The third-order valence-corrected chi connectivity index (χ3v) is 10.3. The number of nitrogens with one attached hydrogen (secondary N) is 2. The van der Waals surface area contributed by atoms with E-state index in [1.165, 1.54) is 25.0 Å². The van der Waals surface area contributed by atoms with Crippen LogP contribution in [0, 0.1) is 17.2 Å². The van der Waals surface area contributed by atoms with Gasteiger partial charge in [0.05, 0.1) is 35.0 Å². The average Bonchev–Trinajstić information content (AvgIpc) is 3.02. The molecule has 1 saturated carbocycles. The van der Waals surface area contributed by atoms with E-state index in [1.54, 1.807) is 6.92 Å². The number of rotatable bonds is 9. The van der Waals surface area contributed by atoms with Crippen molar-refractivity contribution in [2.45, 2.75) is 68.5 Å². The maximum atomic E-state index is 15.0. The third-order valence-electron chi connectivity index (χ3n) is 8.77. The van der Waals surface area contributed by atoms with Crippen LogP contribution in [0.2, 0.25) is 0 Å². The van der Waals surface area contributed by atoms with Crippen LogP contribution in [-0.4, -0.2) is 80.0 Å². The molecule has 2 fully saturated rings. The van der Waals surface area contributed by atoms with Gasteiger partial charge in [0.2, 0.25) is 11.8 Å². The molecule has 0 unspecified atom stereocenters. The lowest BCUT2D eigenvalue weighted by atomic mass is 9.75. The summed E-state index contributed by atoms with van der Waals surface area (Å²) < 4.78 is 89.1. The summed E-state index contributed by atoms with van der Waals surface area (Å²) in [7, 11) is -4.49. The van der Waals surface area contributed by atoms with E-state index < -0.39 is 67.3 Å². The number of alkyl halides is 3. The van der Waals surface area contributed by atoms with E-state index in [2.05, 4.69) is 10.6 Å². The number of amides is 3. The van der Waals surface area contributed by atoms with Crippen LogP contribution < -0.4 is 20.1 Å². The van der Waals surface area contributed by atoms with Crippen LogP contribution in [0.15, 0.2) is 41.3 Å². The quantitative estimate of drug-likeness (QED) is 0.326. The molecule has 12 nitrogen and oxygen atoms in total. The second-order valence-electron chi connectivity index (χ2n) is 12.1. The second kappa shape index (κ2) is 14.0. The zero-order valence-corrected chi connectivity index (χ0v) is 27.0. The van der Waals surface area contributed by atoms with Gasteiger partial charge in [0.1, 0.15) is 5.75 Å². The van der Waals surface area contributed by atoms with Gasteiger partial charge in [0.15, 0.2) is 11.6 Å². The Morgan fingerprint density at radius 1 is 1.04 bits per heavy atom. The number of ether oxygens (including phenoxy) is 2. The number of carbonyl (C=O) groups excluding carboxylic acids is 3. The largest absolute Gasteiger partial charge is 0.501 e. The molecule has 2 aromatic carbocycles. The third kappa shape index (κ3) is 7.82. The first kappa shape index (κ1) is 36.4. The normalized spacial score (nSPS) is 23.1. The van der Waals surface area contributed by atoms with Gasteiger partial charge in [-0.1, -0.05) is 6.07 Å². The van der Waals surface area contributed by atoms with E-state index in [4.69, 9.17) is 9.47 Å². The summed E-state index contributed by atoms with van der Waals surface area (Å²) >= 11 is 0. The first-order chi connectivity index (χ1) is 22.4. The summed E-state index contributed by atoms with van der Waals surface area (Å²) in [6.45, 7) is 2.87. The second-order valence-corrected chi connectivity index (χ2v) is 14.0. The van der Waals surface area contributed by atoms with Crippen molar-refractivity contribution in [1.29, 1.82) is 0 Å². The molecule has 1 heterocycles. The average molecular weight is 702 g/mol. The molecule has 1 aliphatic heterocycles. The number of carbonyl (C=O) groups is 4. The molecule has 3 amide bonds. The van der Waals surface area contributed by atoms with Gasteiger partial charge in [0.25, 0.3) is 15.7 Å². The zero-order chi connectivity index (χ0) is 35.6. The van der Waals surface area contributed by atoms with Gasteiger partial charge in [-0.15, -0.1) is 0 Å². The van der Waals surface area contributed by atoms with E-state index in [-0.39, 0.29) is 48.2 Å². The summed E-state index contributed by atoms with van der Waals surface area (Å²) in [6.07, 6.45) is 0.873. The topological polar surface area (TPSA) is 168 Å². The molecular weight excluding hydrogens is 666 g/mol. The fraction of sp³-hybridized carbons (Fsp3) is 0.484. The predicted molar refractivity (Wildman–Crippen MR) is 162 cm³/mol. The minimum absolute atomic E-state index is 0.0865. The number of nitrogens with zero attached hydrogens (tertiary/aromatic N) is 1. The van der Waals surface area contributed by atoms with Crippen LogP contribution in [0.1, 0.15) is 56.3 Å². The maximum Gasteiger partial charge on any atom is 0.501 e. The number of carboxylic acids is 1. The van der Waals surface area contributed by atoms with Crippen molar-refractivity contribution in [1.82, 2.24) is 10.2 Å². The smallest absolute Gasteiger partial charge is 0.496 e. The molecule has 3 N–H and O–H groups in total. The Hall–Kier alpha value is -4.41. The Morgan fingerprint density at radius 3 is 2.29 bits per heavy atom. The van der Waals surface area contributed by atoms with Gasteiger partial charge in [-0.05, 0) is 63.3 Å². The van der Waals surface area contributed by atoms with E-state index >= 15 is 4.39 Å². The van der Waals surface area contributed by atoms with E-state index in [1.807, 2.05) is 0 Å². The fourth-order valence-electron chi connectivity index (χ4n) is 5.74. The molecule has 0 radical (unpaired) electrons. The monoisotopic (exact) mass is 701 g/mol. The number of hydrogen-bond acceptors (Lipinski definition) is 8. The van der Waals surface area contributed by atoms with Crippen LogP contribution >= 0.6 is 0 Å². The van der Waals surface area contributed by atoms with E-state index in [0.717, 1.165) is 24.3 Å². The van der Waals surface area contributed by atoms with Crippen molar-refractivity contribution >= 4 is 39.2 Å². The van der Waals surface area contributed by atoms with Crippen LogP contribution in [0.25, 0.3) is 0 Å². The number of halogens is 4. The molecule has 262 valence electrons. The number of likely N-dealkylation sites (tertiary alicyclic amines) is 1. The Kier molecular flexibility index (Phi) is 10.6. The first-order valence-electron chi connectivity index (χ1n) is 14.9. The standard InChI is InChI=1S/C31H35F4N3O9S/c1-17(39)38-12-9-24(22(16-38)28(41)36-18-5-4-6-20(13-18)48(44,45)31(33,34)35)37-27(40)21-14-26(23(32)15-25(21)46-3)47-19-7-10-30(2,11-8-19)29(42)43/h4-6,13-15,19,22,24H,7-12,16H2,1-3H3,(H,36,41)(H,37,40)(H,42,43)/t19?,22-,24+,30?/m1/s1. The van der Waals surface area contributed by atoms with Crippen molar-refractivity contribution in [3.05, 3.63) is 47.8 Å². The zero-order valence-electron chi connectivity index (χ0n) is 26.2. The number of anilines is 1. The molecule has 4 rings (SSSR count). The lowest BCUT2D eigenvalue weighted by Gasteiger charge is -2.37. The van der Waals surface area contributed by atoms with Crippen LogP contribution in [0.5, 0.6) is 11.5 Å². The summed E-state index contributed by atoms with van der Waals surface area (Å²) in [4.78, 5) is 51.0. The number of hydrogen-bond donors (Lipinski definition) is 3. The van der Waals surface area contributed by atoms with Crippen LogP contribution in [-0.2, 0) is 24.2 Å². The Balaban J connectivity index is 1.55. The van der Waals surface area contributed by atoms with Crippen LogP contribution in [0.4, 0.5) is 23.2 Å². The number of carboxylic acid groups (broad SMARTS) is 1. The van der Waals surface area contributed by atoms with Gasteiger partial charge in [-0.2, -0.15) is 13.2 Å². The molecule has 1 aliphatic carbocycles. The SMILES string of the molecule is COc1cc(F)c(OC2CCC(C)(C(=O)O)CC2)cc1C(=O)N[C@H]1CCN(C(C)=O)C[C@H]1C(=O)Nc1cccc(S(=O)(=O)C(F)(F)F)c1. The molecule has 0 bridgehead atoms. The molecule has 2 aromatic rings. The summed E-state index contributed by atoms with van der Waals surface area (Å²) in [5.41, 5.74) is -6.89. The minimum Gasteiger partial charge on any atom is -0.496 e.